The van der Waals surface area contributed by atoms with E-state index in [1.165, 1.54) is 12.5 Å². The molecule has 10 heteroatoms. The summed E-state index contributed by atoms with van der Waals surface area (Å²) in [4.78, 5) is 23.1. The van der Waals surface area contributed by atoms with Crippen molar-refractivity contribution in [2.75, 3.05) is 18.6 Å². The number of carbonyl (C=O) groups is 1. The van der Waals surface area contributed by atoms with Crippen molar-refractivity contribution in [2.24, 2.45) is 5.10 Å². The van der Waals surface area contributed by atoms with Crippen LogP contribution in [0.4, 0.5) is 5.69 Å². The fraction of sp³-hybridized carbons (Fsp3) is 0.353. The molecule has 0 aromatic carbocycles. The Bertz CT molecular complexity index is 822. The molecule has 2 aromatic heterocycles. The second-order valence-corrected chi connectivity index (χ2v) is 7.34. The predicted octanol–water partition coefficient (Wildman–Crippen LogP) is 2.33. The third-order valence-electron chi connectivity index (χ3n) is 3.92. The van der Waals surface area contributed by atoms with Crippen LogP contribution in [-0.4, -0.2) is 56.5 Å². The van der Waals surface area contributed by atoms with Gasteiger partial charge >= 0.3 is 0 Å². The van der Waals surface area contributed by atoms with Gasteiger partial charge in [-0.2, -0.15) is 5.10 Å². The highest BCUT2D eigenvalue weighted by Gasteiger charge is 2.30. The third kappa shape index (κ3) is 5.10. The van der Waals surface area contributed by atoms with E-state index in [1.54, 1.807) is 11.1 Å². The lowest BCUT2D eigenvalue weighted by Gasteiger charge is -2.35. The van der Waals surface area contributed by atoms with Crippen molar-refractivity contribution >= 4 is 46.6 Å². The van der Waals surface area contributed by atoms with E-state index < -0.39 is 0 Å². The minimum absolute atomic E-state index is 0.000637. The molecule has 0 aliphatic carbocycles. The van der Waals surface area contributed by atoms with Crippen LogP contribution in [0.15, 0.2) is 34.1 Å². The number of carbonyl (C=O) groups excluding carboxylic acids is 1. The molecule has 1 unspecified atom stereocenters. The molecule has 2 aromatic rings. The molecule has 2 atom stereocenters. The molecule has 9 nitrogen and oxygen atoms in total. The normalized spacial score (nSPS) is 20.0. The lowest BCUT2D eigenvalue weighted by Crippen LogP contribution is -2.49. The number of rotatable bonds is 6. The Balaban J connectivity index is 1.63. The zero-order valence-electron chi connectivity index (χ0n) is 14.6. The first-order chi connectivity index (χ1) is 13.1. The number of nitrogens with one attached hydrogen (secondary N) is 2. The topological polar surface area (TPSA) is 117 Å². The SMILES string of the molecule is C[C@H]1COC(I)CN1C(=O)c1coc(Cc2ccc(N/N=C\C=N)cn2)n1. The van der Waals surface area contributed by atoms with Crippen LogP contribution in [0.1, 0.15) is 29.0 Å². The number of morpholine rings is 1. The van der Waals surface area contributed by atoms with Gasteiger partial charge in [-0.15, -0.1) is 0 Å². The van der Waals surface area contributed by atoms with Crippen LogP contribution in [-0.2, 0) is 11.2 Å². The summed E-state index contributed by atoms with van der Waals surface area (Å²) in [5.41, 5.74) is 4.51. The molecule has 3 rings (SSSR count). The summed E-state index contributed by atoms with van der Waals surface area (Å²) < 4.78 is 11.0. The molecule has 1 saturated heterocycles. The number of pyridine rings is 1. The average molecular weight is 482 g/mol. The molecule has 0 bridgehead atoms. The maximum atomic E-state index is 12.7. The number of hydrogen-bond donors (Lipinski definition) is 2. The Morgan fingerprint density at radius 3 is 3.15 bits per heavy atom. The highest BCUT2D eigenvalue weighted by atomic mass is 127. The summed E-state index contributed by atoms with van der Waals surface area (Å²) >= 11 is 2.17. The number of anilines is 1. The highest BCUT2D eigenvalue weighted by molar-refractivity contribution is 14.1. The first-order valence-electron chi connectivity index (χ1n) is 8.31. The number of oxazole rings is 1. The van der Waals surface area contributed by atoms with Gasteiger partial charge in [-0.1, -0.05) is 0 Å². The summed E-state index contributed by atoms with van der Waals surface area (Å²) in [6, 6.07) is 3.63. The first-order valence-corrected chi connectivity index (χ1v) is 9.55. The van der Waals surface area contributed by atoms with E-state index in [9.17, 15) is 4.79 Å². The Kier molecular flexibility index (Phi) is 6.50. The molecule has 3 heterocycles. The molecule has 142 valence electrons. The quantitative estimate of drug-likeness (QED) is 0.283. The Morgan fingerprint density at radius 1 is 1.56 bits per heavy atom. The number of aromatic nitrogens is 2. The molecule has 1 aliphatic heterocycles. The number of alkyl halides is 1. The third-order valence-corrected chi connectivity index (χ3v) is 4.68. The van der Waals surface area contributed by atoms with Gasteiger partial charge in [-0.25, -0.2) is 4.98 Å². The molecule has 1 fully saturated rings. The molecule has 0 radical (unpaired) electrons. The van der Waals surface area contributed by atoms with Gasteiger partial charge in [0.05, 0.1) is 43.7 Å². The van der Waals surface area contributed by atoms with Gasteiger partial charge in [0.1, 0.15) is 10.4 Å². The standard InChI is InChI=1S/C17H19IN6O3/c1-11-9-26-15(18)8-24(11)17(25)14-10-27-16(22-14)6-12-2-3-13(7-20-12)23-21-5-4-19/h2-5,7,10-11,15,19,23H,6,8-9H2,1H3/b19-4?,21-5-/t11-,15?/m0/s1. The van der Waals surface area contributed by atoms with E-state index in [0.29, 0.717) is 36.8 Å². The zero-order valence-corrected chi connectivity index (χ0v) is 16.8. The van der Waals surface area contributed by atoms with Gasteiger partial charge in [-0.3, -0.25) is 15.2 Å². The van der Waals surface area contributed by atoms with Gasteiger partial charge in [0.25, 0.3) is 5.91 Å². The van der Waals surface area contributed by atoms with Crippen LogP contribution in [0, 0.1) is 5.41 Å². The van der Waals surface area contributed by atoms with Gasteiger partial charge in [0.2, 0.25) is 5.89 Å². The predicted molar refractivity (Wildman–Crippen MR) is 109 cm³/mol. The van der Waals surface area contributed by atoms with E-state index in [1.807, 2.05) is 19.1 Å². The fourth-order valence-electron chi connectivity index (χ4n) is 2.54. The molecule has 27 heavy (non-hydrogen) atoms. The highest BCUT2D eigenvalue weighted by Crippen LogP contribution is 2.19. The molecule has 2 N–H and O–H groups in total. The van der Waals surface area contributed by atoms with Crippen molar-refractivity contribution in [3.05, 3.63) is 41.9 Å². The minimum atomic E-state index is -0.154. The summed E-state index contributed by atoms with van der Waals surface area (Å²) in [5, 5.41) is 10.7. The molecule has 0 spiro atoms. The minimum Gasteiger partial charge on any atom is -0.448 e. The maximum Gasteiger partial charge on any atom is 0.276 e. The van der Waals surface area contributed by atoms with E-state index in [4.69, 9.17) is 14.6 Å². The molecular weight excluding hydrogens is 463 g/mol. The van der Waals surface area contributed by atoms with Crippen molar-refractivity contribution in [1.82, 2.24) is 14.9 Å². The Morgan fingerprint density at radius 2 is 2.41 bits per heavy atom. The largest absolute Gasteiger partial charge is 0.448 e. The maximum absolute atomic E-state index is 12.7. The zero-order chi connectivity index (χ0) is 19.2. The van der Waals surface area contributed by atoms with E-state index in [-0.39, 0.29) is 16.1 Å². The van der Waals surface area contributed by atoms with Crippen LogP contribution in [0.25, 0.3) is 0 Å². The van der Waals surface area contributed by atoms with Crippen molar-refractivity contribution in [3.8, 4) is 0 Å². The van der Waals surface area contributed by atoms with Crippen LogP contribution in [0.2, 0.25) is 0 Å². The van der Waals surface area contributed by atoms with E-state index in [0.717, 1.165) is 11.9 Å². The van der Waals surface area contributed by atoms with Gasteiger partial charge in [0, 0.05) is 11.9 Å². The smallest absolute Gasteiger partial charge is 0.276 e. The lowest BCUT2D eigenvalue weighted by molar-refractivity contribution is -0.00438. The summed E-state index contributed by atoms with van der Waals surface area (Å²) in [6.45, 7) is 2.99. The summed E-state index contributed by atoms with van der Waals surface area (Å²) in [6.07, 6.45) is 5.81. The van der Waals surface area contributed by atoms with Gasteiger partial charge in [0.15, 0.2) is 5.69 Å². The van der Waals surface area contributed by atoms with E-state index in [2.05, 4.69) is 43.1 Å². The van der Waals surface area contributed by atoms with Gasteiger partial charge < -0.3 is 19.5 Å². The number of amides is 1. The average Bonchev–Trinajstić information content (AvgIpc) is 3.13. The summed E-state index contributed by atoms with van der Waals surface area (Å²) in [5.74, 6) is 0.277. The monoisotopic (exact) mass is 482 g/mol. The second kappa shape index (κ2) is 9.04. The lowest BCUT2D eigenvalue weighted by atomic mass is 10.2. The fourth-order valence-corrected chi connectivity index (χ4v) is 3.17. The van der Waals surface area contributed by atoms with Crippen LogP contribution in [0.3, 0.4) is 0 Å². The van der Waals surface area contributed by atoms with Crippen molar-refractivity contribution < 1.29 is 13.9 Å². The van der Waals surface area contributed by atoms with Gasteiger partial charge in [-0.05, 0) is 41.6 Å². The van der Waals surface area contributed by atoms with Crippen LogP contribution >= 0.6 is 22.6 Å². The van der Waals surface area contributed by atoms with Crippen LogP contribution in [0.5, 0.6) is 0 Å². The molecule has 1 amide bonds. The van der Waals surface area contributed by atoms with Crippen molar-refractivity contribution in [1.29, 1.82) is 5.41 Å². The second-order valence-electron chi connectivity index (χ2n) is 5.95. The summed E-state index contributed by atoms with van der Waals surface area (Å²) in [7, 11) is 0. The Hall–Kier alpha value is -2.34. The molecule has 0 saturated carbocycles. The number of hydrogen-bond acceptors (Lipinski definition) is 8. The van der Waals surface area contributed by atoms with Crippen molar-refractivity contribution in [2.45, 2.75) is 23.5 Å². The number of ether oxygens (including phenoxy) is 1. The number of nitrogens with zero attached hydrogens (tertiary/aromatic N) is 4. The number of hydrazone groups is 1. The molecular formula is C17H19IN6O3. The van der Waals surface area contributed by atoms with Crippen molar-refractivity contribution in [3.63, 3.8) is 0 Å². The first kappa shape index (κ1) is 19.4. The van der Waals surface area contributed by atoms with E-state index >= 15 is 0 Å². The number of halogens is 1. The Labute approximate surface area is 169 Å². The van der Waals surface area contributed by atoms with Crippen LogP contribution < -0.4 is 5.43 Å². The molecule has 1 aliphatic rings.